The Balaban J connectivity index is 1.39. The number of hydrogen-bond donors (Lipinski definition) is 0. The Labute approximate surface area is 225 Å². The number of aromatic nitrogens is 1. The lowest BCUT2D eigenvalue weighted by atomic mass is 10.0. The van der Waals surface area contributed by atoms with Crippen molar-refractivity contribution in [1.29, 1.82) is 0 Å². The number of likely N-dealkylation sites (tertiary alicyclic amines) is 1. The zero-order valence-corrected chi connectivity index (χ0v) is 23.4. The van der Waals surface area contributed by atoms with Gasteiger partial charge in [-0.25, -0.2) is 0 Å². The molecule has 3 fully saturated rings. The molecular formula is C27H32BrN3O2S2. The standard InChI is InChI=1S/C27H32BrN3O2S2/c1-18-6-4-5-12-30(18)25(32)17-29-16-20(22-15-21(28)9-10-23(22)29)14-24-26(33)31(27(34)35-24)13-11-19-7-2-3-8-19/h9-10,14-16,18-19H,2-8,11-13,17H2,1H3/b24-14-/t18-/m1/s1. The Hall–Kier alpha value is -1.64. The van der Waals surface area contributed by atoms with Crippen LogP contribution in [0.15, 0.2) is 33.8 Å². The van der Waals surface area contributed by atoms with Gasteiger partial charge in [-0.15, -0.1) is 0 Å². The molecule has 0 radical (unpaired) electrons. The van der Waals surface area contributed by atoms with Crippen molar-refractivity contribution in [2.24, 2.45) is 5.92 Å². The number of piperidine rings is 1. The van der Waals surface area contributed by atoms with Gasteiger partial charge in [-0.2, -0.15) is 0 Å². The van der Waals surface area contributed by atoms with E-state index in [0.29, 0.717) is 22.3 Å². The Morgan fingerprint density at radius 3 is 2.74 bits per heavy atom. The first kappa shape index (κ1) is 25.0. The fraction of sp³-hybridized carbons (Fsp3) is 0.519. The van der Waals surface area contributed by atoms with Crippen molar-refractivity contribution in [3.05, 3.63) is 39.3 Å². The summed E-state index contributed by atoms with van der Waals surface area (Å²) in [4.78, 5) is 30.8. The van der Waals surface area contributed by atoms with Crippen molar-refractivity contribution in [2.75, 3.05) is 13.1 Å². The van der Waals surface area contributed by atoms with Crippen LogP contribution in [0.3, 0.4) is 0 Å². The maximum absolute atomic E-state index is 13.2. The molecule has 3 aliphatic rings. The summed E-state index contributed by atoms with van der Waals surface area (Å²) in [7, 11) is 0. The van der Waals surface area contributed by atoms with Crippen LogP contribution in [0, 0.1) is 5.92 Å². The van der Waals surface area contributed by atoms with Crippen molar-refractivity contribution in [3.63, 3.8) is 0 Å². The molecule has 1 aromatic heterocycles. The van der Waals surface area contributed by atoms with Crippen molar-refractivity contribution >= 4 is 73.0 Å². The molecule has 0 N–H and O–H groups in total. The molecule has 5 nitrogen and oxygen atoms in total. The second-order valence-corrected chi connectivity index (χ2v) is 12.7. The smallest absolute Gasteiger partial charge is 0.266 e. The minimum atomic E-state index is 0.00658. The SMILES string of the molecule is C[C@@H]1CCCCN1C(=O)Cn1cc(/C=C2\SC(=S)N(CCC3CCCC3)C2=O)c2cc(Br)ccc21. The average Bonchev–Trinajstić information content (AvgIpc) is 3.53. The van der Waals surface area contributed by atoms with Crippen LogP contribution in [0.4, 0.5) is 0 Å². The molecular weight excluding hydrogens is 542 g/mol. The van der Waals surface area contributed by atoms with Crippen LogP contribution in [0.2, 0.25) is 0 Å². The zero-order valence-electron chi connectivity index (χ0n) is 20.2. The van der Waals surface area contributed by atoms with Crippen LogP contribution >= 0.6 is 39.9 Å². The summed E-state index contributed by atoms with van der Waals surface area (Å²) in [6.45, 7) is 3.99. The molecule has 3 heterocycles. The number of hydrogen-bond acceptors (Lipinski definition) is 4. The molecule has 35 heavy (non-hydrogen) atoms. The van der Waals surface area contributed by atoms with Gasteiger partial charge in [-0.3, -0.25) is 14.5 Å². The largest absolute Gasteiger partial charge is 0.338 e. The minimum Gasteiger partial charge on any atom is -0.338 e. The molecule has 2 aliphatic heterocycles. The van der Waals surface area contributed by atoms with Gasteiger partial charge >= 0.3 is 0 Å². The van der Waals surface area contributed by atoms with Gasteiger partial charge in [0.05, 0.1) is 4.91 Å². The fourth-order valence-electron chi connectivity index (χ4n) is 5.69. The third-order valence-electron chi connectivity index (χ3n) is 7.70. The second-order valence-electron chi connectivity index (χ2n) is 10.1. The number of thiocarbonyl (C=S) groups is 1. The fourth-order valence-corrected chi connectivity index (χ4v) is 7.35. The van der Waals surface area contributed by atoms with Crippen LogP contribution < -0.4 is 0 Å². The number of nitrogens with zero attached hydrogens (tertiary/aromatic N) is 3. The van der Waals surface area contributed by atoms with Crippen LogP contribution in [-0.2, 0) is 16.1 Å². The summed E-state index contributed by atoms with van der Waals surface area (Å²) < 4.78 is 3.65. The van der Waals surface area contributed by atoms with E-state index in [1.165, 1.54) is 43.9 Å². The number of halogens is 1. The van der Waals surface area contributed by atoms with Gasteiger partial charge in [0.15, 0.2) is 0 Å². The van der Waals surface area contributed by atoms with Gasteiger partial charge in [-0.05, 0) is 62.8 Å². The van der Waals surface area contributed by atoms with E-state index in [9.17, 15) is 9.59 Å². The molecule has 1 saturated carbocycles. The molecule has 0 spiro atoms. The van der Waals surface area contributed by atoms with Gasteiger partial charge in [-0.1, -0.05) is 65.6 Å². The molecule has 2 amide bonds. The van der Waals surface area contributed by atoms with Crippen molar-refractivity contribution in [2.45, 2.75) is 70.9 Å². The molecule has 8 heteroatoms. The lowest BCUT2D eigenvalue weighted by molar-refractivity contribution is -0.135. The molecule has 1 atom stereocenters. The van der Waals surface area contributed by atoms with E-state index in [0.717, 1.165) is 52.7 Å². The van der Waals surface area contributed by atoms with E-state index in [2.05, 4.69) is 28.9 Å². The molecule has 2 aromatic rings. The van der Waals surface area contributed by atoms with Gasteiger partial charge in [0, 0.05) is 46.3 Å². The number of fused-ring (bicyclic) bond motifs is 1. The topological polar surface area (TPSA) is 45.6 Å². The van der Waals surface area contributed by atoms with E-state index < -0.39 is 0 Å². The Morgan fingerprint density at radius 2 is 1.97 bits per heavy atom. The van der Waals surface area contributed by atoms with Gasteiger partial charge in [0.25, 0.3) is 5.91 Å². The highest BCUT2D eigenvalue weighted by Gasteiger charge is 2.33. The molecule has 1 aromatic carbocycles. The summed E-state index contributed by atoms with van der Waals surface area (Å²) in [6.07, 6.45) is 13.5. The van der Waals surface area contributed by atoms with Gasteiger partial charge < -0.3 is 9.47 Å². The molecule has 2 saturated heterocycles. The summed E-state index contributed by atoms with van der Waals surface area (Å²) in [5.74, 6) is 0.882. The summed E-state index contributed by atoms with van der Waals surface area (Å²) in [6, 6.07) is 6.39. The first-order valence-corrected chi connectivity index (χ1v) is 14.8. The Kier molecular flexibility index (Phi) is 7.70. The molecule has 186 valence electrons. The van der Waals surface area contributed by atoms with E-state index in [4.69, 9.17) is 12.2 Å². The highest BCUT2D eigenvalue weighted by atomic mass is 79.9. The number of thioether (sulfide) groups is 1. The number of carbonyl (C=O) groups excluding carboxylic acids is 2. The maximum Gasteiger partial charge on any atom is 0.266 e. The average molecular weight is 575 g/mol. The Bertz CT molecular complexity index is 1180. The quantitative estimate of drug-likeness (QED) is 0.289. The van der Waals surface area contributed by atoms with Gasteiger partial charge in [0.1, 0.15) is 10.9 Å². The Morgan fingerprint density at radius 1 is 1.20 bits per heavy atom. The van der Waals surface area contributed by atoms with Crippen molar-refractivity contribution in [3.8, 4) is 0 Å². The van der Waals surface area contributed by atoms with E-state index in [-0.39, 0.29) is 17.9 Å². The van der Waals surface area contributed by atoms with Crippen LogP contribution in [-0.4, -0.2) is 49.6 Å². The molecule has 5 rings (SSSR count). The predicted octanol–water partition coefficient (Wildman–Crippen LogP) is 6.59. The van der Waals surface area contributed by atoms with Gasteiger partial charge in [0.2, 0.25) is 5.91 Å². The number of benzene rings is 1. The third-order valence-corrected chi connectivity index (χ3v) is 9.57. The van der Waals surface area contributed by atoms with E-state index >= 15 is 0 Å². The molecule has 0 bridgehead atoms. The molecule has 0 unspecified atom stereocenters. The first-order chi connectivity index (χ1) is 16.9. The second kappa shape index (κ2) is 10.8. The monoisotopic (exact) mass is 573 g/mol. The lowest BCUT2D eigenvalue weighted by Crippen LogP contribution is -2.43. The number of rotatable bonds is 6. The van der Waals surface area contributed by atoms with Crippen LogP contribution in [0.5, 0.6) is 0 Å². The van der Waals surface area contributed by atoms with E-state index in [1.807, 2.05) is 33.9 Å². The predicted molar refractivity (Wildman–Crippen MR) is 151 cm³/mol. The lowest BCUT2D eigenvalue weighted by Gasteiger charge is -2.33. The maximum atomic E-state index is 13.2. The summed E-state index contributed by atoms with van der Waals surface area (Å²) >= 11 is 10.6. The van der Waals surface area contributed by atoms with E-state index in [1.54, 1.807) is 4.90 Å². The summed E-state index contributed by atoms with van der Waals surface area (Å²) in [5.41, 5.74) is 1.94. The van der Waals surface area contributed by atoms with Crippen LogP contribution in [0.1, 0.15) is 63.9 Å². The highest BCUT2D eigenvalue weighted by molar-refractivity contribution is 9.10. The highest BCUT2D eigenvalue weighted by Crippen LogP contribution is 2.36. The van der Waals surface area contributed by atoms with Crippen molar-refractivity contribution < 1.29 is 9.59 Å². The van der Waals surface area contributed by atoms with Crippen LogP contribution in [0.25, 0.3) is 17.0 Å². The third kappa shape index (κ3) is 5.39. The molecule has 1 aliphatic carbocycles. The number of carbonyl (C=O) groups is 2. The zero-order chi connectivity index (χ0) is 24.5. The first-order valence-electron chi connectivity index (χ1n) is 12.7. The normalized spacial score (nSPS) is 22.8. The van der Waals surface area contributed by atoms with Crippen molar-refractivity contribution in [1.82, 2.24) is 14.4 Å². The minimum absolute atomic E-state index is 0.00658. The summed E-state index contributed by atoms with van der Waals surface area (Å²) in [5, 5.41) is 1.02. The number of amides is 2.